The van der Waals surface area contributed by atoms with Gasteiger partial charge < -0.3 is 4.90 Å². The Morgan fingerprint density at radius 2 is 2.05 bits per heavy atom. The van der Waals surface area contributed by atoms with Crippen LogP contribution in [-0.2, 0) is 4.79 Å². The fourth-order valence-electron chi connectivity index (χ4n) is 2.78. The van der Waals surface area contributed by atoms with Crippen molar-refractivity contribution in [2.45, 2.75) is 32.6 Å². The quantitative estimate of drug-likeness (QED) is 0.540. The Labute approximate surface area is 132 Å². The first kappa shape index (κ1) is 14.6. The fourth-order valence-corrected chi connectivity index (χ4v) is 6.23. The molecule has 0 radical (unpaired) electrons. The van der Waals surface area contributed by atoms with Gasteiger partial charge in [0.1, 0.15) is 5.03 Å². The molecule has 1 aliphatic carbocycles. The molecule has 3 nitrogen and oxygen atoms in total. The van der Waals surface area contributed by atoms with Crippen LogP contribution in [0.25, 0.3) is 0 Å². The minimum Gasteiger partial charge on any atom is -0.341 e. The molecule has 3 rings (SSSR count). The first-order valence-corrected chi connectivity index (χ1v) is 9.81. The van der Waals surface area contributed by atoms with E-state index in [1.165, 1.54) is 29.9 Å². The second-order valence-corrected chi connectivity index (χ2v) is 8.13. The Bertz CT molecular complexity index is 563. The van der Waals surface area contributed by atoms with Gasteiger partial charge in [-0.25, -0.2) is 4.79 Å². The van der Waals surface area contributed by atoms with Crippen LogP contribution in [0.4, 0.5) is 0 Å². The number of hydrogen-bond donors (Lipinski definition) is 0. The van der Waals surface area contributed by atoms with E-state index in [4.69, 9.17) is 0 Å². The highest BCUT2D eigenvalue weighted by atomic mass is 32.2. The van der Waals surface area contributed by atoms with Crippen LogP contribution in [-0.4, -0.2) is 39.6 Å². The third kappa shape index (κ3) is 2.25. The van der Waals surface area contributed by atoms with E-state index in [9.17, 15) is 4.79 Å². The van der Waals surface area contributed by atoms with Gasteiger partial charge >= 0.3 is 5.91 Å². The molecule has 0 saturated carbocycles. The van der Waals surface area contributed by atoms with Crippen LogP contribution in [0.2, 0.25) is 0 Å². The van der Waals surface area contributed by atoms with Gasteiger partial charge in [0, 0.05) is 29.4 Å². The van der Waals surface area contributed by atoms with Gasteiger partial charge in [-0.15, -0.1) is 4.58 Å². The molecule has 2 aliphatic heterocycles. The maximum atomic E-state index is 12.6. The third-order valence-corrected chi connectivity index (χ3v) is 7.63. The number of likely N-dealkylation sites (N-methyl/N-ethyl adjacent to an activating group) is 1. The number of allylic oxidation sites excluding steroid dienone is 2. The van der Waals surface area contributed by atoms with Crippen molar-refractivity contribution in [1.29, 1.82) is 0 Å². The smallest absolute Gasteiger partial charge is 0.341 e. The van der Waals surface area contributed by atoms with Crippen molar-refractivity contribution in [1.82, 2.24) is 4.90 Å². The monoisotopic (exact) mass is 327 g/mol. The van der Waals surface area contributed by atoms with Crippen molar-refractivity contribution in [2.24, 2.45) is 0 Å². The van der Waals surface area contributed by atoms with Crippen molar-refractivity contribution in [3.05, 3.63) is 20.5 Å². The number of carbonyl (C=O) groups excluding carboxylic acids is 1. The Kier molecular flexibility index (Phi) is 4.24. The fraction of sp³-hybridized carbons (Fsp3) is 0.571. The summed E-state index contributed by atoms with van der Waals surface area (Å²) in [5, 5.41) is 1.15. The number of carbonyl (C=O) groups is 1. The normalized spacial score (nSPS) is 26.9. The summed E-state index contributed by atoms with van der Waals surface area (Å²) in [4.78, 5) is 17.3. The Hall–Kier alpha value is -0.330. The highest BCUT2D eigenvalue weighted by Gasteiger charge is 2.42. The molecule has 0 unspecified atom stereocenters. The average Bonchev–Trinajstić information content (AvgIpc) is 2.97. The van der Waals surface area contributed by atoms with Crippen LogP contribution in [0.5, 0.6) is 0 Å². The maximum Gasteiger partial charge on any atom is 0.430 e. The summed E-state index contributed by atoms with van der Waals surface area (Å²) in [6.07, 6.45) is 6.94. The van der Waals surface area contributed by atoms with Gasteiger partial charge in [-0.2, -0.15) is 0 Å². The molecule has 0 bridgehead atoms. The molecule has 108 valence electrons. The van der Waals surface area contributed by atoms with E-state index < -0.39 is 0 Å². The molecule has 0 aromatic rings. The van der Waals surface area contributed by atoms with Crippen molar-refractivity contribution in [3.8, 4) is 0 Å². The zero-order valence-corrected chi connectivity index (χ0v) is 14.5. The summed E-state index contributed by atoms with van der Waals surface area (Å²) in [6.45, 7) is 2.79. The minimum atomic E-state index is 0.177. The Morgan fingerprint density at radius 1 is 1.30 bits per heavy atom. The Balaban J connectivity index is 1.93. The molecule has 0 aromatic carbocycles. The average molecular weight is 328 g/mol. The molecular weight excluding hydrogens is 308 g/mol. The van der Waals surface area contributed by atoms with Crippen LogP contribution >= 0.6 is 35.3 Å². The van der Waals surface area contributed by atoms with Gasteiger partial charge in [-0.3, -0.25) is 0 Å². The summed E-state index contributed by atoms with van der Waals surface area (Å²) in [6, 6.07) is 0. The van der Waals surface area contributed by atoms with Gasteiger partial charge in [0.25, 0.3) is 4.38 Å². The van der Waals surface area contributed by atoms with Crippen LogP contribution in [0.15, 0.2) is 20.5 Å². The molecule has 0 saturated heterocycles. The van der Waals surface area contributed by atoms with E-state index in [1.54, 1.807) is 23.5 Å². The summed E-state index contributed by atoms with van der Waals surface area (Å²) in [5.74, 6) is 0.177. The molecule has 1 amide bonds. The minimum absolute atomic E-state index is 0.177. The zero-order chi connectivity index (χ0) is 14.3. The van der Waals surface area contributed by atoms with Crippen LogP contribution < -0.4 is 0 Å². The van der Waals surface area contributed by atoms with E-state index >= 15 is 0 Å². The highest BCUT2D eigenvalue weighted by molar-refractivity contribution is 8.40. The molecule has 0 atom stereocenters. The van der Waals surface area contributed by atoms with E-state index in [0.717, 1.165) is 27.3 Å². The maximum absolute atomic E-state index is 12.6. The lowest BCUT2D eigenvalue weighted by molar-refractivity contribution is -0.433. The van der Waals surface area contributed by atoms with Crippen LogP contribution in [0.1, 0.15) is 32.6 Å². The number of nitrogens with zero attached hydrogens (tertiary/aromatic N) is 2. The van der Waals surface area contributed by atoms with Gasteiger partial charge in [0.2, 0.25) is 0 Å². The molecule has 0 fully saturated rings. The molecule has 2 heterocycles. The van der Waals surface area contributed by atoms with Crippen molar-refractivity contribution < 1.29 is 9.37 Å². The van der Waals surface area contributed by atoms with Crippen molar-refractivity contribution in [3.63, 3.8) is 0 Å². The van der Waals surface area contributed by atoms with E-state index in [1.807, 2.05) is 29.5 Å². The molecule has 6 heteroatoms. The second-order valence-electron chi connectivity index (χ2n) is 4.99. The summed E-state index contributed by atoms with van der Waals surface area (Å²) < 4.78 is 3.00. The predicted octanol–water partition coefficient (Wildman–Crippen LogP) is 3.64. The SMILES string of the molecule is CC[N+]1=C(SC)S/C(=C2/SC3=C(CCCC3)N2C)C1=O. The van der Waals surface area contributed by atoms with Crippen molar-refractivity contribution >= 4 is 45.6 Å². The largest absolute Gasteiger partial charge is 0.430 e. The second kappa shape index (κ2) is 5.81. The van der Waals surface area contributed by atoms with Crippen LogP contribution in [0, 0.1) is 0 Å². The molecular formula is C14H19N2OS3+. The van der Waals surface area contributed by atoms with E-state index in [-0.39, 0.29) is 5.91 Å². The lowest BCUT2D eigenvalue weighted by atomic mass is 10.0. The van der Waals surface area contributed by atoms with E-state index in [0.29, 0.717) is 0 Å². The molecule has 0 N–H and O–H groups in total. The van der Waals surface area contributed by atoms with Crippen molar-refractivity contribution in [2.75, 3.05) is 19.8 Å². The van der Waals surface area contributed by atoms with Crippen LogP contribution in [0.3, 0.4) is 0 Å². The van der Waals surface area contributed by atoms with E-state index in [2.05, 4.69) is 11.9 Å². The van der Waals surface area contributed by atoms with Gasteiger partial charge in [0.15, 0.2) is 11.4 Å². The third-order valence-electron chi connectivity index (χ3n) is 3.85. The topological polar surface area (TPSA) is 23.3 Å². The zero-order valence-electron chi connectivity index (χ0n) is 12.1. The van der Waals surface area contributed by atoms with Gasteiger partial charge in [0.05, 0.1) is 0 Å². The summed E-state index contributed by atoms with van der Waals surface area (Å²) in [5.41, 5.74) is 1.44. The lowest BCUT2D eigenvalue weighted by Gasteiger charge is -2.20. The molecule has 3 aliphatic rings. The number of hydrogen-bond acceptors (Lipinski definition) is 5. The first-order valence-electron chi connectivity index (χ1n) is 6.96. The first-order chi connectivity index (χ1) is 9.67. The molecule has 20 heavy (non-hydrogen) atoms. The predicted molar refractivity (Wildman–Crippen MR) is 89.8 cm³/mol. The number of amides is 1. The molecule has 0 spiro atoms. The van der Waals surface area contributed by atoms with Gasteiger partial charge in [-0.1, -0.05) is 23.5 Å². The number of rotatable bonds is 1. The number of thioether (sulfide) groups is 3. The Morgan fingerprint density at radius 3 is 2.65 bits per heavy atom. The summed E-state index contributed by atoms with van der Waals surface area (Å²) >= 11 is 5.13. The van der Waals surface area contributed by atoms with Gasteiger partial charge in [-0.05, 0) is 38.9 Å². The highest BCUT2D eigenvalue weighted by Crippen LogP contribution is 2.50. The summed E-state index contributed by atoms with van der Waals surface area (Å²) in [7, 11) is 2.12. The standard InChI is InChI=1S/C14H19N2OS3/c1-4-16-12(17)11(20-14(16)18-3)13-15(2)9-7-5-6-8-10(9)19-13/h4-8H2,1-3H3/q+1/b13-11+. The molecule has 0 aromatic heterocycles. The lowest BCUT2D eigenvalue weighted by Crippen LogP contribution is -2.21.